The minimum atomic E-state index is -4.54. The Morgan fingerprint density at radius 3 is 2.48 bits per heavy atom. The van der Waals surface area contributed by atoms with E-state index in [1.807, 2.05) is 0 Å². The van der Waals surface area contributed by atoms with Crippen molar-refractivity contribution in [3.63, 3.8) is 0 Å². The van der Waals surface area contributed by atoms with E-state index in [0.29, 0.717) is 5.69 Å². The fourth-order valence-corrected chi connectivity index (χ4v) is 1.83. The predicted octanol–water partition coefficient (Wildman–Crippen LogP) is 3.36. The van der Waals surface area contributed by atoms with Crippen LogP contribution in [0.4, 0.5) is 18.9 Å². The van der Waals surface area contributed by atoms with E-state index in [9.17, 15) is 13.2 Å². The normalized spacial score (nSPS) is 10.5. The summed E-state index contributed by atoms with van der Waals surface area (Å²) in [7, 11) is 0. The molecule has 0 bridgehead atoms. The second-order valence-corrected chi connectivity index (χ2v) is 4.51. The number of rotatable bonds is 3. The van der Waals surface area contributed by atoms with Gasteiger partial charge in [-0.1, -0.05) is 11.6 Å². The van der Waals surface area contributed by atoms with Crippen LogP contribution in [-0.2, 0) is 6.18 Å². The van der Waals surface area contributed by atoms with Gasteiger partial charge in [0, 0.05) is 6.20 Å². The standard InChI is InChI=1S/C13H6ClF3N6/c14-10-5-8(20-21-9(6-18)7-19)1-2-11(10)23-4-3-12(22-23)13(15,16)17/h1-5,20H. The van der Waals surface area contributed by atoms with Crippen LogP contribution in [0.5, 0.6) is 0 Å². The summed E-state index contributed by atoms with van der Waals surface area (Å²) in [5.41, 5.74) is 1.61. The van der Waals surface area contributed by atoms with Crippen LogP contribution in [-0.4, -0.2) is 15.5 Å². The highest BCUT2D eigenvalue weighted by Crippen LogP contribution is 2.29. The van der Waals surface area contributed by atoms with Crippen LogP contribution < -0.4 is 5.43 Å². The minimum Gasteiger partial charge on any atom is -0.276 e. The van der Waals surface area contributed by atoms with E-state index in [2.05, 4.69) is 15.6 Å². The molecule has 2 rings (SSSR count). The van der Waals surface area contributed by atoms with Crippen LogP contribution in [0.25, 0.3) is 5.69 Å². The maximum atomic E-state index is 12.5. The topological polar surface area (TPSA) is 89.8 Å². The van der Waals surface area contributed by atoms with E-state index >= 15 is 0 Å². The van der Waals surface area contributed by atoms with Gasteiger partial charge in [-0.2, -0.15) is 33.9 Å². The molecule has 0 aliphatic heterocycles. The molecule has 0 spiro atoms. The first-order valence-corrected chi connectivity index (χ1v) is 6.29. The summed E-state index contributed by atoms with van der Waals surface area (Å²) in [5.74, 6) is 0. The lowest BCUT2D eigenvalue weighted by Gasteiger charge is -2.07. The molecular formula is C13H6ClF3N6. The van der Waals surface area contributed by atoms with Crippen LogP contribution >= 0.6 is 11.6 Å². The highest BCUT2D eigenvalue weighted by Gasteiger charge is 2.33. The first-order chi connectivity index (χ1) is 10.8. The van der Waals surface area contributed by atoms with Crippen LogP contribution in [0.15, 0.2) is 35.6 Å². The molecule has 6 nitrogen and oxygen atoms in total. The smallest absolute Gasteiger partial charge is 0.276 e. The van der Waals surface area contributed by atoms with E-state index < -0.39 is 11.9 Å². The third-order valence-electron chi connectivity index (χ3n) is 2.58. The molecule has 0 unspecified atom stereocenters. The van der Waals surface area contributed by atoms with Crippen LogP contribution in [0.1, 0.15) is 5.69 Å². The molecule has 1 aromatic carbocycles. The second-order valence-electron chi connectivity index (χ2n) is 4.11. The van der Waals surface area contributed by atoms with E-state index in [4.69, 9.17) is 22.1 Å². The number of hydrazone groups is 1. The lowest BCUT2D eigenvalue weighted by atomic mass is 10.3. The van der Waals surface area contributed by atoms with Crippen molar-refractivity contribution in [3.05, 3.63) is 41.2 Å². The summed E-state index contributed by atoms with van der Waals surface area (Å²) < 4.78 is 38.6. The van der Waals surface area contributed by atoms with Gasteiger partial charge in [0.15, 0.2) is 5.69 Å². The molecule has 10 heteroatoms. The van der Waals surface area contributed by atoms with Gasteiger partial charge in [0.05, 0.1) is 16.4 Å². The first-order valence-electron chi connectivity index (χ1n) is 5.92. The number of nitrogens with zero attached hydrogens (tertiary/aromatic N) is 5. The monoisotopic (exact) mass is 338 g/mol. The number of halogens is 4. The Kier molecular flexibility index (Phi) is 4.53. The molecule has 0 saturated heterocycles. The molecule has 0 atom stereocenters. The van der Waals surface area contributed by atoms with Gasteiger partial charge in [-0.3, -0.25) is 5.43 Å². The van der Waals surface area contributed by atoms with Gasteiger partial charge in [-0.15, -0.1) is 0 Å². The van der Waals surface area contributed by atoms with Crippen LogP contribution in [0, 0.1) is 22.7 Å². The SMILES string of the molecule is N#CC(C#N)=NNc1ccc(-n2ccc(C(F)(F)F)n2)c(Cl)c1. The fourth-order valence-electron chi connectivity index (χ4n) is 1.57. The zero-order chi connectivity index (χ0) is 17.0. The molecule has 0 saturated carbocycles. The number of benzene rings is 1. The van der Waals surface area contributed by atoms with Gasteiger partial charge in [0.25, 0.3) is 0 Å². The Morgan fingerprint density at radius 2 is 1.96 bits per heavy atom. The van der Waals surface area contributed by atoms with E-state index in [1.54, 1.807) is 12.1 Å². The van der Waals surface area contributed by atoms with Crippen molar-refractivity contribution in [2.24, 2.45) is 5.10 Å². The van der Waals surface area contributed by atoms with Crippen molar-refractivity contribution >= 4 is 23.0 Å². The zero-order valence-corrected chi connectivity index (χ0v) is 11.9. The highest BCUT2D eigenvalue weighted by atomic mass is 35.5. The van der Waals surface area contributed by atoms with Gasteiger partial charge in [-0.25, -0.2) is 4.68 Å². The van der Waals surface area contributed by atoms with E-state index in [1.165, 1.54) is 18.2 Å². The molecule has 23 heavy (non-hydrogen) atoms. The molecule has 0 amide bonds. The largest absolute Gasteiger partial charge is 0.435 e. The number of nitrogens with one attached hydrogen (secondary N) is 1. The Hall–Kier alpha value is -3.04. The van der Waals surface area contributed by atoms with Crippen LogP contribution in [0.3, 0.4) is 0 Å². The number of alkyl halides is 3. The average Bonchev–Trinajstić information content (AvgIpc) is 2.98. The Labute approximate surface area is 133 Å². The second kappa shape index (κ2) is 6.38. The molecule has 1 N–H and O–H groups in total. The summed E-state index contributed by atoms with van der Waals surface area (Å²) in [4.78, 5) is 0. The summed E-state index contributed by atoms with van der Waals surface area (Å²) in [6.45, 7) is 0. The lowest BCUT2D eigenvalue weighted by Crippen LogP contribution is -2.07. The van der Waals surface area contributed by atoms with E-state index in [-0.39, 0.29) is 16.4 Å². The summed E-state index contributed by atoms with van der Waals surface area (Å²) in [5, 5.41) is 24.1. The predicted molar refractivity (Wildman–Crippen MR) is 75.9 cm³/mol. The quantitative estimate of drug-likeness (QED) is 0.686. The molecule has 0 aliphatic carbocycles. The summed E-state index contributed by atoms with van der Waals surface area (Å²) >= 11 is 6.01. The van der Waals surface area contributed by atoms with Crippen molar-refractivity contribution in [2.75, 3.05) is 5.43 Å². The van der Waals surface area contributed by atoms with E-state index in [0.717, 1.165) is 16.9 Å². The Balaban J connectivity index is 2.27. The molecule has 1 aromatic heterocycles. The van der Waals surface area contributed by atoms with Crippen molar-refractivity contribution in [1.29, 1.82) is 10.5 Å². The molecule has 116 valence electrons. The van der Waals surface area contributed by atoms with Crippen molar-refractivity contribution < 1.29 is 13.2 Å². The number of aromatic nitrogens is 2. The lowest BCUT2D eigenvalue weighted by molar-refractivity contribution is -0.141. The van der Waals surface area contributed by atoms with Crippen molar-refractivity contribution in [2.45, 2.75) is 6.18 Å². The van der Waals surface area contributed by atoms with Gasteiger partial charge in [0.2, 0.25) is 5.71 Å². The molecule has 0 aliphatic rings. The molecule has 2 aromatic rings. The van der Waals surface area contributed by atoms with Gasteiger partial charge < -0.3 is 0 Å². The maximum Gasteiger partial charge on any atom is 0.435 e. The number of nitriles is 2. The van der Waals surface area contributed by atoms with Crippen molar-refractivity contribution in [3.8, 4) is 17.8 Å². The van der Waals surface area contributed by atoms with Gasteiger partial charge >= 0.3 is 6.18 Å². The average molecular weight is 339 g/mol. The minimum absolute atomic E-state index is 0.109. The summed E-state index contributed by atoms with van der Waals surface area (Å²) in [6.07, 6.45) is -3.41. The Morgan fingerprint density at radius 1 is 1.26 bits per heavy atom. The zero-order valence-electron chi connectivity index (χ0n) is 11.1. The molecular weight excluding hydrogens is 333 g/mol. The van der Waals surface area contributed by atoms with Gasteiger partial charge in [0.1, 0.15) is 12.1 Å². The molecule has 0 fully saturated rings. The molecule has 0 radical (unpaired) electrons. The first kappa shape index (κ1) is 16.3. The Bertz CT molecular complexity index is 825. The fraction of sp³-hybridized carbons (Fsp3) is 0.0769. The summed E-state index contributed by atoms with van der Waals surface area (Å²) in [6, 6.07) is 8.22. The van der Waals surface area contributed by atoms with Crippen LogP contribution in [0.2, 0.25) is 5.02 Å². The number of anilines is 1. The highest BCUT2D eigenvalue weighted by molar-refractivity contribution is 6.32. The maximum absolute atomic E-state index is 12.5. The third-order valence-corrected chi connectivity index (χ3v) is 2.89. The number of hydrogen-bond acceptors (Lipinski definition) is 5. The van der Waals surface area contributed by atoms with Gasteiger partial charge in [-0.05, 0) is 24.3 Å². The third kappa shape index (κ3) is 3.78. The molecule has 1 heterocycles. The van der Waals surface area contributed by atoms with Crippen molar-refractivity contribution in [1.82, 2.24) is 9.78 Å². The number of hydrogen-bond donors (Lipinski definition) is 1.